The number of rotatable bonds is 15. The van der Waals surface area contributed by atoms with Gasteiger partial charge in [-0.1, -0.05) is 84.8 Å². The second kappa shape index (κ2) is 11.3. The van der Waals surface area contributed by atoms with Crippen LogP contribution in [0.1, 0.15) is 122 Å². The van der Waals surface area contributed by atoms with Crippen LogP contribution in [0, 0.1) is 10.8 Å². The van der Waals surface area contributed by atoms with E-state index in [2.05, 4.69) is 33.8 Å². The van der Waals surface area contributed by atoms with E-state index >= 15 is 0 Å². The zero-order valence-electron chi connectivity index (χ0n) is 19.3. The van der Waals surface area contributed by atoms with Crippen molar-refractivity contribution in [3.8, 4) is 5.75 Å². The van der Waals surface area contributed by atoms with Gasteiger partial charge in [0.1, 0.15) is 5.75 Å². The van der Waals surface area contributed by atoms with Crippen LogP contribution in [0.15, 0.2) is 18.2 Å². The van der Waals surface area contributed by atoms with Crippen LogP contribution in [0.5, 0.6) is 5.75 Å². The van der Waals surface area contributed by atoms with E-state index in [1.807, 2.05) is 12.1 Å². The van der Waals surface area contributed by atoms with E-state index in [0.717, 1.165) is 12.8 Å². The molecule has 0 unspecified atom stereocenters. The first-order valence-corrected chi connectivity index (χ1v) is 12.1. The summed E-state index contributed by atoms with van der Waals surface area (Å²) >= 11 is 0. The van der Waals surface area contributed by atoms with E-state index in [-0.39, 0.29) is 0 Å². The van der Waals surface area contributed by atoms with Gasteiger partial charge in [0.05, 0.1) is 0 Å². The van der Waals surface area contributed by atoms with E-state index in [0.29, 0.717) is 16.6 Å². The molecule has 1 aromatic rings. The van der Waals surface area contributed by atoms with E-state index in [1.165, 1.54) is 94.6 Å². The molecule has 160 valence electrons. The summed E-state index contributed by atoms with van der Waals surface area (Å²) in [5.74, 6) is 0.520. The van der Waals surface area contributed by atoms with Crippen LogP contribution in [0.25, 0.3) is 0 Å². The van der Waals surface area contributed by atoms with E-state index in [1.54, 1.807) is 0 Å². The zero-order valence-corrected chi connectivity index (χ0v) is 19.3. The molecule has 1 aliphatic carbocycles. The molecule has 0 aromatic heterocycles. The van der Waals surface area contributed by atoms with Crippen molar-refractivity contribution in [3.05, 3.63) is 29.3 Å². The van der Waals surface area contributed by atoms with Gasteiger partial charge in [-0.05, 0) is 79.4 Å². The Morgan fingerprint density at radius 1 is 0.893 bits per heavy atom. The lowest BCUT2D eigenvalue weighted by molar-refractivity contribution is 0.307. The second-order valence-corrected chi connectivity index (χ2v) is 10.6. The predicted octanol–water partition coefficient (Wildman–Crippen LogP) is 8.61. The molecule has 2 rings (SSSR count). The number of aryl methyl sites for hydroxylation is 1. The summed E-state index contributed by atoms with van der Waals surface area (Å²) in [6.45, 7) is 9.50. The van der Waals surface area contributed by atoms with Gasteiger partial charge in [0, 0.05) is 0 Å². The third-order valence-corrected chi connectivity index (χ3v) is 7.32. The van der Waals surface area contributed by atoms with Gasteiger partial charge in [-0.25, -0.2) is 0 Å². The summed E-state index contributed by atoms with van der Waals surface area (Å²) in [4.78, 5) is 0. The van der Waals surface area contributed by atoms with Crippen LogP contribution in [0.3, 0.4) is 0 Å². The summed E-state index contributed by atoms with van der Waals surface area (Å²) in [5.41, 5.74) is 3.83. The minimum Gasteiger partial charge on any atom is -0.508 e. The van der Waals surface area contributed by atoms with Crippen molar-refractivity contribution in [2.45, 2.75) is 124 Å². The number of hydrogen-bond acceptors (Lipinski definition) is 1. The summed E-state index contributed by atoms with van der Waals surface area (Å²) < 4.78 is 0. The van der Waals surface area contributed by atoms with Crippen LogP contribution in [0.2, 0.25) is 0 Å². The van der Waals surface area contributed by atoms with Gasteiger partial charge in [0.15, 0.2) is 0 Å². The molecule has 28 heavy (non-hydrogen) atoms. The van der Waals surface area contributed by atoms with Gasteiger partial charge in [-0.3, -0.25) is 0 Å². The summed E-state index contributed by atoms with van der Waals surface area (Å²) in [6, 6.07) is 6.14. The highest BCUT2D eigenvalue weighted by atomic mass is 16.3. The fourth-order valence-corrected chi connectivity index (χ4v) is 4.26. The number of hydrogen-bond donors (Lipinski definition) is 1. The topological polar surface area (TPSA) is 20.2 Å². The molecule has 1 N–H and O–H groups in total. The number of benzene rings is 1. The van der Waals surface area contributed by atoms with Crippen molar-refractivity contribution in [1.29, 1.82) is 0 Å². The molecule has 1 saturated carbocycles. The van der Waals surface area contributed by atoms with Crippen LogP contribution < -0.4 is 0 Å². The molecule has 0 bridgehead atoms. The minimum atomic E-state index is 0.501. The summed E-state index contributed by atoms with van der Waals surface area (Å²) in [5, 5.41) is 10.4. The van der Waals surface area contributed by atoms with Crippen LogP contribution >= 0.6 is 0 Å². The average Bonchev–Trinajstić information content (AvgIpc) is 3.40. The Morgan fingerprint density at radius 2 is 1.54 bits per heavy atom. The smallest absolute Gasteiger partial charge is 0.119 e. The first-order chi connectivity index (χ1) is 13.4. The monoisotopic (exact) mass is 386 g/mol. The highest BCUT2D eigenvalue weighted by molar-refractivity contribution is 5.39. The minimum absolute atomic E-state index is 0.501. The number of phenolic OH excluding ortho intramolecular Hbond substituents is 1. The SMILES string of the molecule is CCC(C)(C)CCCCCCc1c(O)cccc1CCCCCCC1(C)CC1. The predicted molar refractivity (Wildman–Crippen MR) is 123 cm³/mol. The molecule has 0 spiro atoms. The Balaban J connectivity index is 1.64. The van der Waals surface area contributed by atoms with E-state index < -0.39 is 0 Å². The van der Waals surface area contributed by atoms with Crippen molar-refractivity contribution in [1.82, 2.24) is 0 Å². The zero-order chi connectivity index (χ0) is 20.5. The molecule has 1 nitrogen and oxygen atoms in total. The van der Waals surface area contributed by atoms with Gasteiger partial charge in [-0.2, -0.15) is 0 Å². The maximum Gasteiger partial charge on any atom is 0.119 e. The fourth-order valence-electron chi connectivity index (χ4n) is 4.26. The molecule has 1 fully saturated rings. The molecule has 1 aliphatic rings. The standard InChI is InChI=1S/C27H46O/c1-5-26(2,3)19-12-8-7-11-17-24-23(16-14-18-25(24)28)15-10-6-9-13-20-27(4)21-22-27/h14,16,18,28H,5-13,15,17,19-22H2,1-4H3. The highest BCUT2D eigenvalue weighted by Crippen LogP contribution is 2.49. The Kier molecular flexibility index (Phi) is 9.38. The Bertz CT molecular complexity index is 568. The van der Waals surface area contributed by atoms with Crippen LogP contribution in [-0.4, -0.2) is 5.11 Å². The Hall–Kier alpha value is -0.980. The Labute approximate surface area is 175 Å². The van der Waals surface area contributed by atoms with Gasteiger partial charge in [0.2, 0.25) is 0 Å². The number of aromatic hydroxyl groups is 1. The lowest BCUT2D eigenvalue weighted by atomic mass is 9.84. The van der Waals surface area contributed by atoms with Crippen LogP contribution in [-0.2, 0) is 12.8 Å². The van der Waals surface area contributed by atoms with Crippen molar-refractivity contribution >= 4 is 0 Å². The quantitative estimate of drug-likeness (QED) is 0.299. The molecule has 0 amide bonds. The van der Waals surface area contributed by atoms with Crippen molar-refractivity contribution < 1.29 is 5.11 Å². The lowest BCUT2D eigenvalue weighted by Crippen LogP contribution is -2.08. The van der Waals surface area contributed by atoms with Crippen molar-refractivity contribution in [2.75, 3.05) is 0 Å². The van der Waals surface area contributed by atoms with E-state index in [9.17, 15) is 5.11 Å². The first-order valence-electron chi connectivity index (χ1n) is 12.1. The normalized spacial score (nSPS) is 15.7. The third kappa shape index (κ3) is 8.58. The highest BCUT2D eigenvalue weighted by Gasteiger charge is 2.35. The fraction of sp³-hybridized carbons (Fsp3) is 0.778. The van der Waals surface area contributed by atoms with E-state index in [4.69, 9.17) is 0 Å². The first kappa shape index (κ1) is 23.3. The van der Waals surface area contributed by atoms with Gasteiger partial charge in [-0.15, -0.1) is 0 Å². The van der Waals surface area contributed by atoms with Gasteiger partial charge >= 0.3 is 0 Å². The molecule has 0 atom stereocenters. The molecular formula is C27H46O. The molecule has 0 aliphatic heterocycles. The molecule has 1 aromatic carbocycles. The maximum absolute atomic E-state index is 10.4. The maximum atomic E-state index is 10.4. The van der Waals surface area contributed by atoms with Crippen molar-refractivity contribution in [3.63, 3.8) is 0 Å². The number of phenols is 1. The third-order valence-electron chi connectivity index (χ3n) is 7.32. The Morgan fingerprint density at radius 3 is 2.21 bits per heavy atom. The molecule has 0 saturated heterocycles. The van der Waals surface area contributed by atoms with Gasteiger partial charge in [0.25, 0.3) is 0 Å². The van der Waals surface area contributed by atoms with Gasteiger partial charge < -0.3 is 5.11 Å². The second-order valence-electron chi connectivity index (χ2n) is 10.6. The molecule has 1 heteroatoms. The molecule has 0 heterocycles. The largest absolute Gasteiger partial charge is 0.508 e. The van der Waals surface area contributed by atoms with Crippen LogP contribution in [0.4, 0.5) is 0 Å². The molecular weight excluding hydrogens is 340 g/mol. The lowest BCUT2D eigenvalue weighted by Gasteiger charge is -2.22. The molecule has 0 radical (unpaired) electrons. The number of unbranched alkanes of at least 4 members (excludes halogenated alkanes) is 6. The summed E-state index contributed by atoms with van der Waals surface area (Å²) in [6.07, 6.45) is 19.6. The summed E-state index contributed by atoms with van der Waals surface area (Å²) in [7, 11) is 0. The average molecular weight is 387 g/mol. The van der Waals surface area contributed by atoms with Crippen molar-refractivity contribution in [2.24, 2.45) is 10.8 Å².